The Morgan fingerprint density at radius 1 is 1.00 bits per heavy atom. The zero-order chi connectivity index (χ0) is 23.9. The molecule has 1 amide bonds. The number of aryl methyl sites for hydroxylation is 1. The van der Waals surface area contributed by atoms with E-state index in [-0.39, 0.29) is 4.90 Å². The molecule has 1 N–H and O–H groups in total. The molecule has 2 rings (SSSR count). The number of methoxy groups -OCH3 is 4. The molecule has 0 spiro atoms. The minimum atomic E-state index is -3.87. The van der Waals surface area contributed by atoms with E-state index in [1.54, 1.807) is 25.1 Å². The number of sulfonamides is 1. The molecule has 10 nitrogen and oxygen atoms in total. The highest BCUT2D eigenvalue weighted by Crippen LogP contribution is 2.38. The fourth-order valence-electron chi connectivity index (χ4n) is 2.91. The van der Waals surface area contributed by atoms with Crippen LogP contribution in [0.5, 0.6) is 23.0 Å². The third-order valence-corrected chi connectivity index (χ3v) is 6.37. The molecule has 0 heterocycles. The van der Waals surface area contributed by atoms with Gasteiger partial charge < -0.3 is 18.9 Å². The summed E-state index contributed by atoms with van der Waals surface area (Å²) in [6.07, 6.45) is 1.36. The van der Waals surface area contributed by atoms with Crippen molar-refractivity contribution in [2.75, 3.05) is 42.0 Å². The molecule has 32 heavy (non-hydrogen) atoms. The first-order valence-corrected chi connectivity index (χ1v) is 10.8. The summed E-state index contributed by atoms with van der Waals surface area (Å²) in [4.78, 5) is 12.3. The maximum Gasteiger partial charge on any atom is 0.255 e. The number of hydrogen-bond donors (Lipinski definition) is 1. The Morgan fingerprint density at radius 3 is 2.19 bits per heavy atom. The SMILES string of the molecule is COc1ccc(S(=O)(=O)N(C)CC(=O)NN=Cc2ccc(OC)c(OC)c2OC)cc1C. The predicted molar refractivity (Wildman–Crippen MR) is 119 cm³/mol. The second-order valence-electron chi connectivity index (χ2n) is 6.61. The van der Waals surface area contributed by atoms with E-state index in [4.69, 9.17) is 18.9 Å². The van der Waals surface area contributed by atoms with E-state index in [0.29, 0.717) is 34.1 Å². The summed E-state index contributed by atoms with van der Waals surface area (Å²) in [5.74, 6) is 1.19. The Hall–Kier alpha value is -3.31. The van der Waals surface area contributed by atoms with Crippen molar-refractivity contribution in [1.29, 1.82) is 0 Å². The number of hydrazone groups is 1. The molecule has 0 saturated heterocycles. The molecule has 0 fully saturated rings. The van der Waals surface area contributed by atoms with E-state index < -0.39 is 22.5 Å². The van der Waals surface area contributed by atoms with Gasteiger partial charge in [-0.2, -0.15) is 9.41 Å². The third-order valence-electron chi connectivity index (χ3n) is 4.57. The molecule has 2 aromatic rings. The number of hydrogen-bond acceptors (Lipinski definition) is 8. The highest BCUT2D eigenvalue weighted by Gasteiger charge is 2.23. The van der Waals surface area contributed by atoms with Crippen molar-refractivity contribution in [1.82, 2.24) is 9.73 Å². The van der Waals surface area contributed by atoms with Gasteiger partial charge in [-0.25, -0.2) is 13.8 Å². The lowest BCUT2D eigenvalue weighted by atomic mass is 10.2. The molecule has 0 unspecified atom stereocenters. The third kappa shape index (κ3) is 5.48. The van der Waals surface area contributed by atoms with Crippen LogP contribution in [0.1, 0.15) is 11.1 Å². The second kappa shape index (κ2) is 10.8. The van der Waals surface area contributed by atoms with Crippen molar-refractivity contribution in [3.8, 4) is 23.0 Å². The van der Waals surface area contributed by atoms with Gasteiger partial charge in [0.15, 0.2) is 11.5 Å². The lowest BCUT2D eigenvalue weighted by Crippen LogP contribution is -2.36. The van der Waals surface area contributed by atoms with Crippen molar-refractivity contribution >= 4 is 22.1 Å². The number of carbonyl (C=O) groups is 1. The van der Waals surface area contributed by atoms with E-state index in [1.165, 1.54) is 53.8 Å². The molecule has 0 aromatic heterocycles. The first-order valence-electron chi connectivity index (χ1n) is 9.41. The summed E-state index contributed by atoms with van der Waals surface area (Å²) in [5, 5.41) is 3.89. The van der Waals surface area contributed by atoms with Gasteiger partial charge >= 0.3 is 0 Å². The number of amides is 1. The molecule has 0 radical (unpaired) electrons. The summed E-state index contributed by atoms with van der Waals surface area (Å²) in [5.41, 5.74) is 3.50. The van der Waals surface area contributed by atoms with Crippen molar-refractivity contribution in [2.24, 2.45) is 5.10 Å². The van der Waals surface area contributed by atoms with E-state index in [9.17, 15) is 13.2 Å². The van der Waals surface area contributed by atoms with Gasteiger partial charge in [0, 0.05) is 12.6 Å². The highest BCUT2D eigenvalue weighted by molar-refractivity contribution is 7.89. The number of ether oxygens (including phenoxy) is 4. The quantitative estimate of drug-likeness (QED) is 0.420. The van der Waals surface area contributed by atoms with Gasteiger partial charge in [0.2, 0.25) is 15.8 Å². The lowest BCUT2D eigenvalue weighted by Gasteiger charge is -2.17. The topological polar surface area (TPSA) is 116 Å². The number of benzene rings is 2. The second-order valence-corrected chi connectivity index (χ2v) is 8.65. The van der Waals surface area contributed by atoms with Crippen molar-refractivity contribution in [2.45, 2.75) is 11.8 Å². The van der Waals surface area contributed by atoms with Gasteiger partial charge in [-0.15, -0.1) is 0 Å². The first-order chi connectivity index (χ1) is 15.2. The van der Waals surface area contributed by atoms with Gasteiger partial charge in [0.1, 0.15) is 5.75 Å². The molecule has 0 aliphatic heterocycles. The zero-order valence-electron chi connectivity index (χ0n) is 18.8. The van der Waals surface area contributed by atoms with Crippen LogP contribution in [0.2, 0.25) is 0 Å². The standard InChI is InChI=1S/C21H27N3O7S/c1-14-11-16(8-10-17(14)28-3)32(26,27)24(2)13-19(25)23-22-12-15-7-9-18(29-4)21(31-6)20(15)30-5/h7-12H,13H2,1-6H3,(H,23,25). The van der Waals surface area contributed by atoms with E-state index in [0.717, 1.165) is 4.31 Å². The maximum absolute atomic E-state index is 12.8. The van der Waals surface area contributed by atoms with Gasteiger partial charge in [0.05, 0.1) is 46.1 Å². The predicted octanol–water partition coefficient (Wildman–Crippen LogP) is 1.80. The summed E-state index contributed by atoms with van der Waals surface area (Å²) in [7, 11) is 3.39. The number of nitrogens with one attached hydrogen (secondary N) is 1. The number of carbonyl (C=O) groups excluding carboxylic acids is 1. The average molecular weight is 466 g/mol. The number of likely N-dealkylation sites (N-methyl/N-ethyl adjacent to an activating group) is 1. The fourth-order valence-corrected chi connectivity index (χ4v) is 4.13. The minimum absolute atomic E-state index is 0.0599. The molecule has 2 aromatic carbocycles. The van der Waals surface area contributed by atoms with Crippen LogP contribution in [0.4, 0.5) is 0 Å². The molecule has 174 valence electrons. The average Bonchev–Trinajstić information content (AvgIpc) is 2.78. The smallest absolute Gasteiger partial charge is 0.255 e. The normalized spacial score (nSPS) is 11.5. The molecule has 0 atom stereocenters. The van der Waals surface area contributed by atoms with Crippen LogP contribution in [-0.4, -0.2) is 66.9 Å². The van der Waals surface area contributed by atoms with Crippen LogP contribution >= 0.6 is 0 Å². The summed E-state index contributed by atoms with van der Waals surface area (Å²) in [6.45, 7) is 1.32. The Kier molecular flexibility index (Phi) is 8.44. The first kappa shape index (κ1) is 25.0. The van der Waals surface area contributed by atoms with Gasteiger partial charge in [-0.1, -0.05) is 0 Å². The fraction of sp³-hybridized carbons (Fsp3) is 0.333. The maximum atomic E-state index is 12.8. The molecule has 0 saturated carbocycles. The van der Waals surface area contributed by atoms with Gasteiger partial charge in [-0.3, -0.25) is 4.79 Å². The van der Waals surface area contributed by atoms with Crippen LogP contribution in [0, 0.1) is 6.92 Å². The Labute approximate surface area is 187 Å². The van der Waals surface area contributed by atoms with Crippen LogP contribution in [-0.2, 0) is 14.8 Å². The number of nitrogens with zero attached hydrogens (tertiary/aromatic N) is 2. The molecule has 0 bridgehead atoms. The van der Waals surface area contributed by atoms with Crippen molar-refractivity contribution in [3.05, 3.63) is 41.5 Å². The van der Waals surface area contributed by atoms with Crippen LogP contribution in [0.3, 0.4) is 0 Å². The van der Waals surface area contributed by atoms with Gasteiger partial charge in [0.25, 0.3) is 5.91 Å². The molecular weight excluding hydrogens is 438 g/mol. The van der Waals surface area contributed by atoms with Crippen molar-refractivity contribution in [3.63, 3.8) is 0 Å². The Balaban J connectivity index is 2.09. The van der Waals surface area contributed by atoms with Crippen LogP contribution in [0.15, 0.2) is 40.3 Å². The van der Waals surface area contributed by atoms with E-state index in [2.05, 4.69) is 10.5 Å². The Morgan fingerprint density at radius 2 is 1.62 bits per heavy atom. The van der Waals surface area contributed by atoms with Crippen molar-refractivity contribution < 1.29 is 32.2 Å². The van der Waals surface area contributed by atoms with E-state index in [1.807, 2.05) is 0 Å². The lowest BCUT2D eigenvalue weighted by molar-refractivity contribution is -0.121. The monoisotopic (exact) mass is 465 g/mol. The Bertz CT molecular complexity index is 1100. The molecule has 11 heteroatoms. The highest BCUT2D eigenvalue weighted by atomic mass is 32.2. The summed E-state index contributed by atoms with van der Waals surface area (Å²) >= 11 is 0. The molecule has 0 aliphatic rings. The molecule has 0 aliphatic carbocycles. The van der Waals surface area contributed by atoms with Crippen LogP contribution in [0.25, 0.3) is 0 Å². The summed E-state index contributed by atoms with van der Waals surface area (Å²) < 4.78 is 47.5. The van der Waals surface area contributed by atoms with Gasteiger partial charge in [-0.05, 0) is 42.8 Å². The zero-order valence-corrected chi connectivity index (χ0v) is 19.6. The number of rotatable bonds is 10. The van der Waals surface area contributed by atoms with E-state index >= 15 is 0 Å². The largest absolute Gasteiger partial charge is 0.496 e. The summed E-state index contributed by atoms with van der Waals surface area (Å²) in [6, 6.07) is 7.83. The molecular formula is C21H27N3O7S. The minimum Gasteiger partial charge on any atom is -0.496 e. The van der Waals surface area contributed by atoms with Crippen LogP contribution < -0.4 is 24.4 Å².